The summed E-state index contributed by atoms with van der Waals surface area (Å²) in [4.78, 5) is 0. The number of hydrogen-bond acceptors (Lipinski definition) is 2. The van der Waals surface area contributed by atoms with E-state index in [1.54, 1.807) is 6.07 Å². The fourth-order valence-electron chi connectivity index (χ4n) is 3.78. The lowest BCUT2D eigenvalue weighted by atomic mass is 9.94. The van der Waals surface area contributed by atoms with Gasteiger partial charge in [-0.3, -0.25) is 0 Å². The van der Waals surface area contributed by atoms with E-state index in [1.165, 1.54) is 12.1 Å². The number of halogens is 1. The van der Waals surface area contributed by atoms with E-state index in [0.29, 0.717) is 0 Å². The summed E-state index contributed by atoms with van der Waals surface area (Å²) in [6, 6.07) is 16.4. The molecule has 0 amide bonds. The number of aliphatic hydroxyl groups is 1. The number of para-hydroxylation sites is 1. The summed E-state index contributed by atoms with van der Waals surface area (Å²) in [5.41, 5.74) is 1.83. The van der Waals surface area contributed by atoms with E-state index in [9.17, 15) is 9.50 Å². The number of rotatable bonds is 4. The molecule has 2 N–H and O–H groups in total. The second kappa shape index (κ2) is 6.38. The molecule has 3 atom stereocenters. The van der Waals surface area contributed by atoms with Gasteiger partial charge in [0, 0.05) is 17.8 Å². The van der Waals surface area contributed by atoms with Crippen molar-refractivity contribution in [1.82, 2.24) is 9.88 Å². The number of aliphatic hydroxyl groups excluding tert-OH is 1. The molecular weight excluding hydrogens is 303 g/mol. The van der Waals surface area contributed by atoms with E-state index < -0.39 is 6.10 Å². The highest BCUT2D eigenvalue weighted by Gasteiger charge is 2.32. The molecule has 0 spiro atoms. The van der Waals surface area contributed by atoms with Gasteiger partial charge in [-0.25, -0.2) is 4.39 Å². The van der Waals surface area contributed by atoms with Crippen molar-refractivity contribution in [3.8, 4) is 0 Å². The highest BCUT2D eigenvalue weighted by Crippen LogP contribution is 2.31. The Balaban J connectivity index is 1.83. The molecule has 4 rings (SSSR count). The van der Waals surface area contributed by atoms with Gasteiger partial charge in [0.2, 0.25) is 0 Å². The maximum absolute atomic E-state index is 13.8. The molecule has 3 aromatic rings. The zero-order chi connectivity index (χ0) is 16.5. The molecule has 0 saturated carbocycles. The SMILES string of the molecule is OC(C1CCCN1)[C@H](c1cccc(F)c1)n1ccc2ccccc21. The maximum atomic E-state index is 13.8. The van der Waals surface area contributed by atoms with Crippen LogP contribution in [0.3, 0.4) is 0 Å². The smallest absolute Gasteiger partial charge is 0.123 e. The van der Waals surface area contributed by atoms with Crippen LogP contribution in [-0.2, 0) is 0 Å². The van der Waals surface area contributed by atoms with Crippen LogP contribution in [0.1, 0.15) is 24.4 Å². The topological polar surface area (TPSA) is 37.2 Å². The average molecular weight is 324 g/mol. The van der Waals surface area contributed by atoms with Crippen molar-refractivity contribution in [3.63, 3.8) is 0 Å². The Labute approximate surface area is 140 Å². The molecule has 24 heavy (non-hydrogen) atoms. The molecule has 0 radical (unpaired) electrons. The molecule has 0 bridgehead atoms. The van der Waals surface area contributed by atoms with Crippen LogP contribution in [0, 0.1) is 5.82 Å². The molecule has 124 valence electrons. The van der Waals surface area contributed by atoms with Gasteiger partial charge in [0.05, 0.1) is 12.1 Å². The van der Waals surface area contributed by atoms with Crippen LogP contribution < -0.4 is 5.32 Å². The number of fused-ring (bicyclic) bond motifs is 1. The zero-order valence-corrected chi connectivity index (χ0v) is 13.4. The van der Waals surface area contributed by atoms with E-state index in [0.717, 1.165) is 35.9 Å². The van der Waals surface area contributed by atoms with Gasteiger partial charge in [-0.2, -0.15) is 0 Å². The number of nitrogens with zero attached hydrogens (tertiary/aromatic N) is 1. The van der Waals surface area contributed by atoms with Crippen molar-refractivity contribution in [3.05, 3.63) is 72.2 Å². The molecule has 2 aromatic carbocycles. The van der Waals surface area contributed by atoms with Gasteiger partial charge in [-0.1, -0.05) is 30.3 Å². The monoisotopic (exact) mass is 324 g/mol. The van der Waals surface area contributed by atoms with E-state index in [-0.39, 0.29) is 17.9 Å². The highest BCUT2D eigenvalue weighted by atomic mass is 19.1. The lowest BCUT2D eigenvalue weighted by Gasteiger charge is -2.30. The Hall–Kier alpha value is -2.17. The van der Waals surface area contributed by atoms with Gasteiger partial charge in [0.15, 0.2) is 0 Å². The number of benzene rings is 2. The van der Waals surface area contributed by atoms with Crippen molar-refractivity contribution in [2.75, 3.05) is 6.54 Å². The van der Waals surface area contributed by atoms with E-state index in [2.05, 4.69) is 16.0 Å². The largest absolute Gasteiger partial charge is 0.389 e. The minimum atomic E-state index is -0.620. The lowest BCUT2D eigenvalue weighted by molar-refractivity contribution is 0.0970. The van der Waals surface area contributed by atoms with Gasteiger partial charge >= 0.3 is 0 Å². The molecule has 0 aliphatic carbocycles. The third kappa shape index (κ3) is 2.72. The van der Waals surface area contributed by atoms with Crippen molar-refractivity contribution in [1.29, 1.82) is 0 Å². The van der Waals surface area contributed by atoms with Crippen molar-refractivity contribution >= 4 is 10.9 Å². The van der Waals surface area contributed by atoms with Crippen LogP contribution in [0.4, 0.5) is 4.39 Å². The van der Waals surface area contributed by atoms with Gasteiger partial charge < -0.3 is 15.0 Å². The minimum absolute atomic E-state index is 0.0272. The first-order valence-corrected chi connectivity index (χ1v) is 8.46. The average Bonchev–Trinajstić information content (AvgIpc) is 3.25. The quantitative estimate of drug-likeness (QED) is 0.771. The third-order valence-electron chi connectivity index (χ3n) is 4.95. The first-order chi connectivity index (χ1) is 11.7. The summed E-state index contributed by atoms with van der Waals surface area (Å²) >= 11 is 0. The highest BCUT2D eigenvalue weighted by molar-refractivity contribution is 5.80. The van der Waals surface area contributed by atoms with Crippen LogP contribution in [0.5, 0.6) is 0 Å². The van der Waals surface area contributed by atoms with Crippen LogP contribution in [0.2, 0.25) is 0 Å². The van der Waals surface area contributed by atoms with Crippen LogP contribution in [-0.4, -0.2) is 28.4 Å². The maximum Gasteiger partial charge on any atom is 0.123 e. The van der Waals surface area contributed by atoms with Crippen LogP contribution in [0.25, 0.3) is 10.9 Å². The Kier molecular flexibility index (Phi) is 4.08. The fraction of sp³-hybridized carbons (Fsp3) is 0.300. The number of aromatic nitrogens is 1. The first-order valence-electron chi connectivity index (χ1n) is 8.46. The van der Waals surface area contributed by atoms with Crippen LogP contribution >= 0.6 is 0 Å². The zero-order valence-electron chi connectivity index (χ0n) is 13.4. The molecule has 1 aromatic heterocycles. The normalized spacial score (nSPS) is 20.3. The molecule has 1 aliphatic heterocycles. The van der Waals surface area contributed by atoms with Gasteiger partial charge in [-0.15, -0.1) is 0 Å². The Morgan fingerprint density at radius 1 is 1.12 bits per heavy atom. The van der Waals surface area contributed by atoms with Crippen molar-refractivity contribution < 1.29 is 9.50 Å². The van der Waals surface area contributed by atoms with Gasteiger partial charge in [-0.05, 0) is 54.6 Å². The summed E-state index contributed by atoms with van der Waals surface area (Å²) in [5.74, 6) is -0.277. The van der Waals surface area contributed by atoms with Gasteiger partial charge in [0.1, 0.15) is 5.82 Å². The first kappa shape index (κ1) is 15.4. The summed E-state index contributed by atoms with van der Waals surface area (Å²) in [5, 5.41) is 15.6. The standard InChI is InChI=1S/C20H21FN2O/c21-16-7-3-6-15(13-16)19(20(24)17-8-4-11-22-17)23-12-10-14-5-1-2-9-18(14)23/h1-3,5-7,9-10,12-13,17,19-20,22,24H,4,8,11H2/t17?,19-,20?/m0/s1. The Morgan fingerprint density at radius 3 is 2.79 bits per heavy atom. The molecular formula is C20H21FN2O. The number of hydrogen-bond donors (Lipinski definition) is 2. The second-order valence-electron chi connectivity index (χ2n) is 6.48. The van der Waals surface area contributed by atoms with Crippen molar-refractivity contribution in [2.45, 2.75) is 31.0 Å². The van der Waals surface area contributed by atoms with Crippen LogP contribution in [0.15, 0.2) is 60.8 Å². The van der Waals surface area contributed by atoms with E-state index >= 15 is 0 Å². The number of nitrogens with one attached hydrogen (secondary N) is 1. The summed E-state index contributed by atoms with van der Waals surface area (Å²) in [6.45, 7) is 0.921. The molecule has 1 fully saturated rings. The van der Waals surface area contributed by atoms with Gasteiger partial charge in [0.25, 0.3) is 0 Å². The summed E-state index contributed by atoms with van der Waals surface area (Å²) < 4.78 is 15.9. The van der Waals surface area contributed by atoms with E-state index in [4.69, 9.17) is 0 Å². The summed E-state index contributed by atoms with van der Waals surface area (Å²) in [6.07, 6.45) is 3.36. The second-order valence-corrected chi connectivity index (χ2v) is 6.48. The lowest BCUT2D eigenvalue weighted by Crippen LogP contribution is -2.41. The predicted molar refractivity (Wildman–Crippen MR) is 93.5 cm³/mol. The molecule has 2 heterocycles. The molecule has 1 aliphatic rings. The molecule has 1 saturated heterocycles. The Bertz CT molecular complexity index is 838. The molecule has 3 nitrogen and oxygen atoms in total. The summed E-state index contributed by atoms with van der Waals surface area (Å²) in [7, 11) is 0. The Morgan fingerprint density at radius 2 is 2.00 bits per heavy atom. The minimum Gasteiger partial charge on any atom is -0.389 e. The fourth-order valence-corrected chi connectivity index (χ4v) is 3.78. The molecule has 2 unspecified atom stereocenters. The third-order valence-corrected chi connectivity index (χ3v) is 4.95. The van der Waals surface area contributed by atoms with Crippen molar-refractivity contribution in [2.24, 2.45) is 0 Å². The molecule has 4 heteroatoms. The predicted octanol–water partition coefficient (Wildman–Crippen LogP) is 3.48. The van der Waals surface area contributed by atoms with E-state index in [1.807, 2.05) is 36.5 Å².